The zero-order valence-electron chi connectivity index (χ0n) is 13.6. The Bertz CT molecular complexity index is 570. The van der Waals surface area contributed by atoms with E-state index in [0.29, 0.717) is 0 Å². The first kappa shape index (κ1) is 18.6. The Balaban J connectivity index is 2.77. The minimum Gasteiger partial charge on any atom is -0.480 e. The van der Waals surface area contributed by atoms with Gasteiger partial charge in [-0.15, -0.1) is 0 Å². The first-order valence-electron chi connectivity index (χ1n) is 7.36. The summed E-state index contributed by atoms with van der Waals surface area (Å²) in [7, 11) is 0. The number of carbonyl (C=O) groups is 3. The van der Waals surface area contributed by atoms with Crippen molar-refractivity contribution in [2.45, 2.75) is 44.8 Å². The standard InChI is InChI=1S/C16H23N3O4/c1-10(17)13(20)19-16(2,3)15(23)18-12(14(21)22)9-11-7-5-4-6-8-11/h4-8,10,12H,9,17H2,1-3H3,(H,18,23)(H,19,20)(H,21,22)/p+1/t10-,12-/m0/s1. The Hall–Kier alpha value is -2.41. The smallest absolute Gasteiger partial charge is 0.326 e. The van der Waals surface area contributed by atoms with Gasteiger partial charge in [0.15, 0.2) is 6.04 Å². The van der Waals surface area contributed by atoms with Gasteiger partial charge < -0.3 is 21.5 Å². The van der Waals surface area contributed by atoms with Gasteiger partial charge in [-0.2, -0.15) is 0 Å². The van der Waals surface area contributed by atoms with Crippen molar-refractivity contribution in [2.75, 3.05) is 0 Å². The van der Waals surface area contributed by atoms with Gasteiger partial charge in [-0.3, -0.25) is 9.59 Å². The molecule has 0 heterocycles. The predicted molar refractivity (Wildman–Crippen MR) is 84.3 cm³/mol. The lowest BCUT2D eigenvalue weighted by atomic mass is 10.0. The molecule has 7 heteroatoms. The monoisotopic (exact) mass is 322 g/mol. The third-order valence-electron chi connectivity index (χ3n) is 3.34. The topological polar surface area (TPSA) is 123 Å². The molecule has 2 atom stereocenters. The van der Waals surface area contributed by atoms with E-state index in [2.05, 4.69) is 16.4 Å². The second kappa shape index (κ2) is 7.73. The first-order chi connectivity index (χ1) is 10.6. The Morgan fingerprint density at radius 3 is 2.26 bits per heavy atom. The van der Waals surface area contributed by atoms with Crippen LogP contribution in [0.15, 0.2) is 30.3 Å². The van der Waals surface area contributed by atoms with Crippen molar-refractivity contribution in [3.63, 3.8) is 0 Å². The number of hydrogen-bond acceptors (Lipinski definition) is 3. The molecule has 0 saturated carbocycles. The summed E-state index contributed by atoms with van der Waals surface area (Å²) in [5.74, 6) is -2.07. The van der Waals surface area contributed by atoms with Crippen LogP contribution >= 0.6 is 0 Å². The minimum atomic E-state index is -1.23. The molecule has 1 aromatic carbocycles. The number of nitrogens with one attached hydrogen (secondary N) is 2. The summed E-state index contributed by atoms with van der Waals surface area (Å²) < 4.78 is 0. The molecule has 0 spiro atoms. The van der Waals surface area contributed by atoms with Gasteiger partial charge >= 0.3 is 5.97 Å². The van der Waals surface area contributed by atoms with E-state index in [1.807, 2.05) is 6.07 Å². The third kappa shape index (κ3) is 5.71. The maximum Gasteiger partial charge on any atom is 0.326 e. The summed E-state index contributed by atoms with van der Waals surface area (Å²) in [5.41, 5.74) is 3.16. The van der Waals surface area contributed by atoms with E-state index in [-0.39, 0.29) is 12.3 Å². The quantitative estimate of drug-likeness (QED) is 0.531. The molecule has 0 aliphatic heterocycles. The average molecular weight is 322 g/mol. The Labute approximate surface area is 135 Å². The van der Waals surface area contributed by atoms with Crippen molar-refractivity contribution < 1.29 is 25.2 Å². The maximum atomic E-state index is 12.3. The fraction of sp³-hybridized carbons (Fsp3) is 0.438. The number of carbonyl (C=O) groups excluding carboxylic acids is 2. The summed E-state index contributed by atoms with van der Waals surface area (Å²) in [6.07, 6.45) is 0.164. The summed E-state index contributed by atoms with van der Waals surface area (Å²) in [5, 5.41) is 14.3. The Morgan fingerprint density at radius 1 is 1.22 bits per heavy atom. The molecular weight excluding hydrogens is 298 g/mol. The molecule has 0 radical (unpaired) electrons. The normalized spacial score (nSPS) is 13.7. The molecule has 23 heavy (non-hydrogen) atoms. The lowest BCUT2D eigenvalue weighted by Gasteiger charge is -2.27. The number of quaternary nitrogens is 1. The maximum absolute atomic E-state index is 12.3. The molecule has 0 unspecified atom stereocenters. The summed E-state index contributed by atoms with van der Waals surface area (Å²) in [4.78, 5) is 35.4. The highest BCUT2D eigenvalue weighted by Crippen LogP contribution is 2.07. The second-order valence-corrected chi connectivity index (χ2v) is 6.07. The molecule has 126 valence electrons. The number of rotatable bonds is 7. The number of benzene rings is 1. The Morgan fingerprint density at radius 2 is 1.78 bits per heavy atom. The van der Waals surface area contributed by atoms with Crippen LogP contribution < -0.4 is 16.4 Å². The van der Waals surface area contributed by atoms with Crippen LogP contribution in [0.2, 0.25) is 0 Å². The van der Waals surface area contributed by atoms with Crippen LogP contribution in [0.5, 0.6) is 0 Å². The zero-order valence-corrected chi connectivity index (χ0v) is 13.6. The highest BCUT2D eigenvalue weighted by Gasteiger charge is 2.33. The van der Waals surface area contributed by atoms with E-state index in [4.69, 9.17) is 0 Å². The van der Waals surface area contributed by atoms with Crippen LogP contribution in [0, 0.1) is 0 Å². The van der Waals surface area contributed by atoms with Crippen LogP contribution in [0.1, 0.15) is 26.3 Å². The number of amides is 2. The van der Waals surface area contributed by atoms with Crippen molar-refractivity contribution in [2.24, 2.45) is 0 Å². The third-order valence-corrected chi connectivity index (χ3v) is 3.34. The van der Waals surface area contributed by atoms with E-state index in [9.17, 15) is 19.5 Å². The van der Waals surface area contributed by atoms with Gasteiger partial charge in [0.25, 0.3) is 5.91 Å². The molecule has 2 amide bonds. The zero-order chi connectivity index (χ0) is 17.6. The molecule has 6 N–H and O–H groups in total. The van der Waals surface area contributed by atoms with Crippen LogP contribution in [0.3, 0.4) is 0 Å². The van der Waals surface area contributed by atoms with E-state index in [1.165, 1.54) is 13.8 Å². The highest BCUT2D eigenvalue weighted by atomic mass is 16.4. The molecule has 0 bridgehead atoms. The van der Waals surface area contributed by atoms with Crippen LogP contribution in [0.4, 0.5) is 0 Å². The molecule has 0 aliphatic carbocycles. The predicted octanol–water partition coefficient (Wildman–Crippen LogP) is -0.676. The van der Waals surface area contributed by atoms with Crippen molar-refractivity contribution in [3.8, 4) is 0 Å². The molecule has 7 nitrogen and oxygen atoms in total. The number of carboxylic acid groups (broad SMARTS) is 1. The van der Waals surface area contributed by atoms with Crippen molar-refractivity contribution >= 4 is 17.8 Å². The van der Waals surface area contributed by atoms with Crippen molar-refractivity contribution in [3.05, 3.63) is 35.9 Å². The molecule has 0 saturated heterocycles. The lowest BCUT2D eigenvalue weighted by molar-refractivity contribution is -0.398. The van der Waals surface area contributed by atoms with E-state index >= 15 is 0 Å². The first-order valence-corrected chi connectivity index (χ1v) is 7.36. The number of aliphatic carboxylic acids is 1. The minimum absolute atomic E-state index is 0.164. The van der Waals surface area contributed by atoms with Crippen LogP contribution in [-0.4, -0.2) is 40.5 Å². The van der Waals surface area contributed by atoms with Gasteiger partial charge in [0.2, 0.25) is 5.91 Å². The summed E-state index contributed by atoms with van der Waals surface area (Å²) in [6.45, 7) is 4.65. The van der Waals surface area contributed by atoms with Gasteiger partial charge in [-0.05, 0) is 26.3 Å². The molecule has 0 aliphatic rings. The number of hydrogen-bond donors (Lipinski definition) is 4. The van der Waals surface area contributed by atoms with Gasteiger partial charge in [0, 0.05) is 6.42 Å². The van der Waals surface area contributed by atoms with Crippen LogP contribution in [-0.2, 0) is 20.8 Å². The van der Waals surface area contributed by atoms with E-state index in [0.717, 1.165) is 5.56 Å². The van der Waals surface area contributed by atoms with Gasteiger partial charge in [0.05, 0.1) is 0 Å². The molecule has 1 rings (SSSR count). The molecule has 0 aromatic heterocycles. The van der Waals surface area contributed by atoms with E-state index in [1.54, 1.807) is 31.2 Å². The Kier molecular flexibility index (Phi) is 6.27. The number of carboxylic acids is 1. The highest BCUT2D eigenvalue weighted by molar-refractivity contribution is 5.93. The fourth-order valence-corrected chi connectivity index (χ4v) is 1.88. The average Bonchev–Trinajstić information content (AvgIpc) is 2.46. The second-order valence-electron chi connectivity index (χ2n) is 6.07. The van der Waals surface area contributed by atoms with Crippen molar-refractivity contribution in [1.29, 1.82) is 0 Å². The largest absolute Gasteiger partial charge is 0.480 e. The van der Waals surface area contributed by atoms with Gasteiger partial charge in [0.1, 0.15) is 11.6 Å². The molecule has 0 fully saturated rings. The SMILES string of the molecule is C[C@H]([NH3+])C(=O)NC(C)(C)C(=O)N[C@@H](Cc1ccccc1)C(=O)O. The summed E-state index contributed by atoms with van der Waals surface area (Å²) >= 11 is 0. The molecule has 1 aromatic rings. The van der Waals surface area contributed by atoms with Gasteiger partial charge in [-0.1, -0.05) is 30.3 Å². The summed E-state index contributed by atoms with van der Waals surface area (Å²) in [6, 6.07) is 7.43. The lowest BCUT2D eigenvalue weighted by Crippen LogP contribution is -2.69. The molecular formula is C16H24N3O4+. The van der Waals surface area contributed by atoms with E-state index < -0.39 is 29.5 Å². The van der Waals surface area contributed by atoms with Crippen LogP contribution in [0.25, 0.3) is 0 Å². The fourth-order valence-electron chi connectivity index (χ4n) is 1.88. The van der Waals surface area contributed by atoms with Crippen molar-refractivity contribution in [1.82, 2.24) is 10.6 Å². The van der Waals surface area contributed by atoms with Gasteiger partial charge in [-0.25, -0.2) is 4.79 Å².